The van der Waals surface area contributed by atoms with Crippen molar-refractivity contribution in [2.24, 2.45) is 13.0 Å². The molecule has 1 aliphatic heterocycles. The summed E-state index contributed by atoms with van der Waals surface area (Å²) in [5, 5.41) is 10.4. The van der Waals surface area contributed by atoms with Gasteiger partial charge in [-0.1, -0.05) is 30.3 Å². The van der Waals surface area contributed by atoms with Gasteiger partial charge < -0.3 is 20.3 Å². The number of hydrogen-bond donors (Lipinski definition) is 2. The number of hydrogen-bond acceptors (Lipinski definition) is 5. The molecule has 9 nitrogen and oxygen atoms in total. The maximum atomic E-state index is 12.8. The fourth-order valence-corrected chi connectivity index (χ4v) is 4.12. The summed E-state index contributed by atoms with van der Waals surface area (Å²) < 4.78 is 7.04. The molecule has 0 spiro atoms. The van der Waals surface area contributed by atoms with Crippen molar-refractivity contribution in [2.45, 2.75) is 39.2 Å². The first-order valence-corrected chi connectivity index (χ1v) is 12.4. The van der Waals surface area contributed by atoms with E-state index in [2.05, 4.69) is 15.7 Å². The molecule has 2 N–H and O–H groups in total. The van der Waals surface area contributed by atoms with Crippen LogP contribution in [0.2, 0.25) is 0 Å². The zero-order chi connectivity index (χ0) is 26.6. The van der Waals surface area contributed by atoms with Gasteiger partial charge in [0.2, 0.25) is 5.91 Å². The molecule has 0 atom stereocenters. The number of ether oxygens (including phenoxy) is 1. The Labute approximate surface area is 216 Å². The number of aryl methyl sites for hydroxylation is 1. The summed E-state index contributed by atoms with van der Waals surface area (Å²) in [6.45, 7) is 6.51. The van der Waals surface area contributed by atoms with Gasteiger partial charge in [0, 0.05) is 48.9 Å². The minimum Gasteiger partial charge on any atom is -0.444 e. The molecule has 1 saturated heterocycles. The van der Waals surface area contributed by atoms with Gasteiger partial charge in [-0.2, -0.15) is 5.10 Å². The Kier molecular flexibility index (Phi) is 7.61. The third kappa shape index (κ3) is 6.75. The maximum absolute atomic E-state index is 12.8. The van der Waals surface area contributed by atoms with Crippen LogP contribution in [0.5, 0.6) is 0 Å². The van der Waals surface area contributed by atoms with Crippen molar-refractivity contribution in [2.75, 3.05) is 23.7 Å². The highest BCUT2D eigenvalue weighted by Gasteiger charge is 2.30. The molecule has 0 radical (unpaired) electrons. The van der Waals surface area contributed by atoms with Gasteiger partial charge in [-0.15, -0.1) is 0 Å². The van der Waals surface area contributed by atoms with E-state index in [9.17, 15) is 14.4 Å². The Balaban J connectivity index is 1.32. The minimum atomic E-state index is -0.537. The van der Waals surface area contributed by atoms with E-state index in [4.69, 9.17) is 4.74 Å². The van der Waals surface area contributed by atoms with Gasteiger partial charge in [0.05, 0.1) is 5.69 Å². The van der Waals surface area contributed by atoms with E-state index in [0.29, 0.717) is 48.7 Å². The number of benzene rings is 2. The topological polar surface area (TPSA) is 106 Å². The quantitative estimate of drug-likeness (QED) is 0.514. The second-order valence-electron chi connectivity index (χ2n) is 10.2. The molecule has 2 heterocycles. The van der Waals surface area contributed by atoms with Gasteiger partial charge in [0.15, 0.2) is 0 Å². The molecule has 1 aromatic heterocycles. The van der Waals surface area contributed by atoms with Gasteiger partial charge >= 0.3 is 6.09 Å². The molecule has 2 aromatic carbocycles. The number of amides is 3. The molecule has 9 heteroatoms. The second-order valence-corrected chi connectivity index (χ2v) is 10.2. The smallest absolute Gasteiger partial charge is 0.410 e. The van der Waals surface area contributed by atoms with Crippen molar-refractivity contribution in [1.29, 1.82) is 0 Å². The minimum absolute atomic E-state index is 0.0552. The summed E-state index contributed by atoms with van der Waals surface area (Å²) in [5.41, 5.74) is 2.29. The molecular weight excluding hydrogens is 470 g/mol. The van der Waals surface area contributed by atoms with Crippen LogP contribution < -0.4 is 10.6 Å². The number of nitrogens with one attached hydrogen (secondary N) is 2. The zero-order valence-corrected chi connectivity index (χ0v) is 21.7. The van der Waals surface area contributed by atoms with Crippen LogP contribution in [0.25, 0.3) is 11.3 Å². The van der Waals surface area contributed by atoms with E-state index in [-0.39, 0.29) is 23.8 Å². The number of carbonyl (C=O) groups is 3. The first-order chi connectivity index (χ1) is 17.6. The summed E-state index contributed by atoms with van der Waals surface area (Å²) in [4.78, 5) is 39.2. The second kappa shape index (κ2) is 10.9. The highest BCUT2D eigenvalue weighted by molar-refractivity contribution is 6.04. The molecule has 0 bridgehead atoms. The Morgan fingerprint density at radius 1 is 0.946 bits per heavy atom. The van der Waals surface area contributed by atoms with Crippen LogP contribution in [0, 0.1) is 5.92 Å². The van der Waals surface area contributed by atoms with E-state index in [0.717, 1.165) is 5.56 Å². The van der Waals surface area contributed by atoms with E-state index in [1.807, 2.05) is 69.3 Å². The van der Waals surface area contributed by atoms with Crippen molar-refractivity contribution in [3.63, 3.8) is 0 Å². The largest absolute Gasteiger partial charge is 0.444 e. The highest BCUT2D eigenvalue weighted by Crippen LogP contribution is 2.25. The summed E-state index contributed by atoms with van der Waals surface area (Å²) >= 11 is 0. The Morgan fingerprint density at radius 3 is 2.22 bits per heavy atom. The lowest BCUT2D eigenvalue weighted by Gasteiger charge is -2.32. The fourth-order valence-electron chi connectivity index (χ4n) is 4.12. The molecular formula is C28H33N5O4. The normalized spacial score (nSPS) is 14.2. The monoisotopic (exact) mass is 503 g/mol. The first-order valence-electron chi connectivity index (χ1n) is 12.4. The molecule has 1 fully saturated rings. The number of likely N-dealkylation sites (tertiary alicyclic amines) is 1. The van der Waals surface area contributed by atoms with Gasteiger partial charge in [-0.3, -0.25) is 14.3 Å². The molecule has 1 aliphatic rings. The van der Waals surface area contributed by atoms with Crippen LogP contribution in [0.1, 0.15) is 44.0 Å². The van der Waals surface area contributed by atoms with Crippen LogP contribution in [-0.4, -0.2) is 51.3 Å². The molecule has 0 unspecified atom stereocenters. The predicted octanol–water partition coefficient (Wildman–Crippen LogP) is 4.93. The lowest BCUT2D eigenvalue weighted by Crippen LogP contribution is -2.43. The number of nitrogens with zero attached hydrogens (tertiary/aromatic N) is 3. The summed E-state index contributed by atoms with van der Waals surface area (Å²) in [7, 11) is 1.77. The molecule has 37 heavy (non-hydrogen) atoms. The molecule has 0 saturated carbocycles. The SMILES string of the molecule is Cn1nc(-c2ccc(NC(=O)C3CCN(C(=O)OC(C)(C)C)CC3)cc2)cc1NC(=O)c1ccccc1. The van der Waals surface area contributed by atoms with E-state index in [1.165, 1.54) is 0 Å². The van der Waals surface area contributed by atoms with Crippen molar-refractivity contribution in [3.05, 3.63) is 66.2 Å². The number of rotatable bonds is 5. The van der Waals surface area contributed by atoms with Crippen LogP contribution in [-0.2, 0) is 16.6 Å². The van der Waals surface area contributed by atoms with E-state index in [1.54, 1.807) is 28.8 Å². The Hall–Kier alpha value is -4.14. The van der Waals surface area contributed by atoms with Gasteiger partial charge in [-0.25, -0.2) is 4.79 Å². The standard InChI is InChI=1S/C28H33N5O4/c1-28(2,3)37-27(36)33-16-14-21(15-17-33)25(34)29-22-12-10-19(11-13-22)23-18-24(32(4)31-23)30-26(35)20-8-6-5-7-9-20/h5-13,18,21H,14-17H2,1-4H3,(H,29,34)(H,30,35). The first kappa shape index (κ1) is 25.9. The molecule has 4 rings (SSSR count). The molecule has 194 valence electrons. The molecule has 3 aromatic rings. The van der Waals surface area contributed by atoms with Gasteiger partial charge in [0.25, 0.3) is 5.91 Å². The summed E-state index contributed by atoms with van der Waals surface area (Å²) in [6.07, 6.45) is 0.850. The summed E-state index contributed by atoms with van der Waals surface area (Å²) in [6, 6.07) is 18.2. The van der Waals surface area contributed by atoms with E-state index < -0.39 is 5.60 Å². The zero-order valence-electron chi connectivity index (χ0n) is 21.7. The predicted molar refractivity (Wildman–Crippen MR) is 142 cm³/mol. The third-order valence-corrected chi connectivity index (χ3v) is 6.12. The van der Waals surface area contributed by atoms with Crippen LogP contribution in [0.3, 0.4) is 0 Å². The average molecular weight is 504 g/mol. The molecule has 0 aliphatic carbocycles. The highest BCUT2D eigenvalue weighted by atomic mass is 16.6. The summed E-state index contributed by atoms with van der Waals surface area (Å²) in [5.74, 6) is 0.161. The number of aromatic nitrogens is 2. The van der Waals surface area contributed by atoms with Crippen LogP contribution in [0.15, 0.2) is 60.7 Å². The van der Waals surface area contributed by atoms with Crippen molar-refractivity contribution < 1.29 is 19.1 Å². The molecule has 3 amide bonds. The number of anilines is 2. The van der Waals surface area contributed by atoms with E-state index >= 15 is 0 Å². The van der Waals surface area contributed by atoms with Crippen molar-refractivity contribution in [3.8, 4) is 11.3 Å². The number of piperidine rings is 1. The number of carbonyl (C=O) groups excluding carboxylic acids is 3. The lowest BCUT2D eigenvalue weighted by molar-refractivity contribution is -0.121. The Bertz CT molecular complexity index is 1250. The van der Waals surface area contributed by atoms with Gasteiger partial charge in [0.1, 0.15) is 11.4 Å². The Morgan fingerprint density at radius 2 is 1.59 bits per heavy atom. The van der Waals surface area contributed by atoms with Crippen molar-refractivity contribution in [1.82, 2.24) is 14.7 Å². The van der Waals surface area contributed by atoms with Crippen LogP contribution >= 0.6 is 0 Å². The van der Waals surface area contributed by atoms with Gasteiger partial charge in [-0.05, 0) is 57.9 Å². The fraction of sp³-hybridized carbons (Fsp3) is 0.357. The van der Waals surface area contributed by atoms with Crippen molar-refractivity contribution >= 4 is 29.4 Å². The lowest BCUT2D eigenvalue weighted by atomic mass is 9.96. The third-order valence-electron chi connectivity index (χ3n) is 6.12. The average Bonchev–Trinajstić information content (AvgIpc) is 3.24. The van der Waals surface area contributed by atoms with Crippen LogP contribution in [0.4, 0.5) is 16.3 Å². The maximum Gasteiger partial charge on any atom is 0.410 e.